The predicted octanol–water partition coefficient (Wildman–Crippen LogP) is 15.2. The SMILES string of the molecule is C[Si]1(C)c2ccccc2-c2c(N(c3ccccc3)c3ccc(C4(c5ccc(N(c6ccccc6)c6ccc(C7CCCCC7)cc6)cc5)C5CC6CC(C5)CC4C6)cc3)cccc21. The zero-order valence-electron chi connectivity index (χ0n) is 37.1. The van der Waals surface area contributed by atoms with Crippen LogP contribution in [0.2, 0.25) is 13.1 Å². The van der Waals surface area contributed by atoms with Crippen LogP contribution in [0.3, 0.4) is 0 Å². The summed E-state index contributed by atoms with van der Waals surface area (Å²) in [5, 5.41) is 3.09. The highest BCUT2D eigenvalue weighted by molar-refractivity contribution is 7.04. The summed E-state index contributed by atoms with van der Waals surface area (Å²) in [5.41, 5.74) is 14.7. The molecule has 13 rings (SSSR count). The maximum Gasteiger partial charge on any atom is 0.113 e. The van der Waals surface area contributed by atoms with E-state index in [2.05, 4.69) is 199 Å². The van der Waals surface area contributed by atoms with Crippen LogP contribution in [-0.4, -0.2) is 8.07 Å². The summed E-state index contributed by atoms with van der Waals surface area (Å²) in [5.74, 6) is 3.79. The fourth-order valence-electron chi connectivity index (χ4n) is 14.1. The molecule has 3 heteroatoms. The number of hydrogen-bond acceptors (Lipinski definition) is 2. The normalized spacial score (nSPS) is 24.2. The number of nitrogens with zero attached hydrogens (tertiary/aromatic N) is 2. The zero-order chi connectivity index (χ0) is 42.1. The molecule has 2 nitrogen and oxygen atoms in total. The Morgan fingerprint density at radius 3 is 1.49 bits per heavy atom. The van der Waals surface area contributed by atoms with E-state index in [1.807, 2.05) is 0 Å². The van der Waals surface area contributed by atoms with Crippen molar-refractivity contribution in [2.75, 3.05) is 9.80 Å². The summed E-state index contributed by atoms with van der Waals surface area (Å²) >= 11 is 0. The quantitative estimate of drug-likeness (QED) is 0.134. The summed E-state index contributed by atoms with van der Waals surface area (Å²) in [4.78, 5) is 5.00. The van der Waals surface area contributed by atoms with Gasteiger partial charge in [-0.2, -0.15) is 0 Å². The first-order valence-corrected chi connectivity index (χ1v) is 27.2. The van der Waals surface area contributed by atoms with Gasteiger partial charge in [-0.3, -0.25) is 0 Å². The first kappa shape index (κ1) is 39.0. The third-order valence-corrected chi connectivity index (χ3v) is 20.3. The first-order valence-electron chi connectivity index (χ1n) is 24.2. The standard InChI is InChI=1S/C60H60N2Si/c1-63(2)57-23-13-12-21-55(57)59-56(22-14-24-58(59)63)62(51-19-10-5-11-20-51)54-35-29-47(30-36-54)60(48-38-42-37-43(40-48)41-49(60)39-42)46-27-33-53(34-28-46)61(50-17-8-4-9-18-50)52-31-25-45(26-32-52)44-15-6-3-7-16-44/h4-5,8-14,17-36,42-44,48-49H,3,6-7,15-16,37-41H2,1-2H3. The van der Waals surface area contributed by atoms with Gasteiger partial charge >= 0.3 is 0 Å². The van der Waals surface area contributed by atoms with E-state index in [-0.39, 0.29) is 5.41 Å². The van der Waals surface area contributed by atoms with Crippen molar-refractivity contribution in [3.8, 4) is 11.1 Å². The van der Waals surface area contributed by atoms with E-state index in [0.29, 0.717) is 17.8 Å². The van der Waals surface area contributed by atoms with E-state index in [9.17, 15) is 0 Å². The minimum atomic E-state index is -1.84. The summed E-state index contributed by atoms with van der Waals surface area (Å²) < 4.78 is 0. The van der Waals surface area contributed by atoms with Crippen molar-refractivity contribution in [1.82, 2.24) is 0 Å². The van der Waals surface area contributed by atoms with Crippen molar-refractivity contribution in [3.63, 3.8) is 0 Å². The third kappa shape index (κ3) is 6.40. The molecule has 1 aliphatic heterocycles. The van der Waals surface area contributed by atoms with Gasteiger partial charge < -0.3 is 9.80 Å². The summed E-state index contributed by atoms with van der Waals surface area (Å²) in [6.45, 7) is 5.04. The van der Waals surface area contributed by atoms with Gasteiger partial charge in [0.05, 0.1) is 5.69 Å². The minimum absolute atomic E-state index is 0.00381. The second-order valence-electron chi connectivity index (χ2n) is 20.4. The molecule has 5 fully saturated rings. The Labute approximate surface area is 376 Å². The molecule has 1 heterocycles. The van der Waals surface area contributed by atoms with Gasteiger partial charge in [0, 0.05) is 39.4 Å². The van der Waals surface area contributed by atoms with Gasteiger partial charge in [0.1, 0.15) is 8.07 Å². The van der Waals surface area contributed by atoms with Crippen LogP contribution >= 0.6 is 0 Å². The topological polar surface area (TPSA) is 6.48 Å². The van der Waals surface area contributed by atoms with Crippen LogP contribution < -0.4 is 20.2 Å². The number of rotatable bonds is 9. The van der Waals surface area contributed by atoms with Gasteiger partial charge in [0.15, 0.2) is 0 Å². The van der Waals surface area contributed by atoms with E-state index in [1.54, 1.807) is 5.19 Å². The number of para-hydroxylation sites is 2. The van der Waals surface area contributed by atoms with Crippen LogP contribution in [0.15, 0.2) is 176 Å². The zero-order valence-corrected chi connectivity index (χ0v) is 38.1. The van der Waals surface area contributed by atoms with Crippen LogP contribution in [-0.2, 0) is 5.41 Å². The summed E-state index contributed by atoms with van der Waals surface area (Å²) in [6, 6.07) is 67.8. The molecule has 6 aliphatic rings. The van der Waals surface area contributed by atoms with Gasteiger partial charge in [0.25, 0.3) is 0 Å². The molecule has 4 bridgehead atoms. The lowest BCUT2D eigenvalue weighted by Gasteiger charge is -2.62. The van der Waals surface area contributed by atoms with Crippen molar-refractivity contribution in [3.05, 3.63) is 193 Å². The van der Waals surface area contributed by atoms with Gasteiger partial charge in [-0.1, -0.05) is 142 Å². The molecular formula is C60H60N2Si. The molecule has 0 amide bonds. The van der Waals surface area contributed by atoms with Crippen LogP contribution in [0.4, 0.5) is 34.1 Å². The van der Waals surface area contributed by atoms with Crippen LogP contribution in [0, 0.1) is 23.7 Å². The second kappa shape index (κ2) is 15.6. The van der Waals surface area contributed by atoms with Gasteiger partial charge in [-0.25, -0.2) is 0 Å². The molecule has 0 N–H and O–H groups in total. The number of anilines is 6. The number of fused-ring (bicyclic) bond motifs is 3. The van der Waals surface area contributed by atoms with E-state index >= 15 is 0 Å². The molecule has 7 aromatic rings. The molecule has 63 heavy (non-hydrogen) atoms. The summed E-state index contributed by atoms with van der Waals surface area (Å²) in [6.07, 6.45) is 13.6. The van der Waals surface area contributed by atoms with Crippen molar-refractivity contribution in [2.24, 2.45) is 23.7 Å². The highest BCUT2D eigenvalue weighted by Gasteiger charge is 2.58. The van der Waals surface area contributed by atoms with E-state index < -0.39 is 8.07 Å². The smallest absolute Gasteiger partial charge is 0.113 e. The number of benzene rings is 7. The fourth-order valence-corrected chi connectivity index (χ4v) is 17.2. The Balaban J connectivity index is 0.946. The van der Waals surface area contributed by atoms with Crippen molar-refractivity contribution < 1.29 is 0 Å². The van der Waals surface area contributed by atoms with Crippen molar-refractivity contribution in [2.45, 2.75) is 88.6 Å². The highest BCUT2D eigenvalue weighted by Crippen LogP contribution is 2.65. The van der Waals surface area contributed by atoms with Crippen molar-refractivity contribution in [1.29, 1.82) is 0 Å². The molecule has 7 aromatic carbocycles. The van der Waals surface area contributed by atoms with Gasteiger partial charge in [-0.05, 0) is 174 Å². The molecule has 0 aromatic heterocycles. The Kier molecular flexibility index (Phi) is 9.63. The first-order chi connectivity index (χ1) is 31.0. The molecular weight excluding hydrogens is 777 g/mol. The maximum absolute atomic E-state index is 2.54. The lowest BCUT2D eigenvalue weighted by atomic mass is 9.42. The van der Waals surface area contributed by atoms with E-state index in [0.717, 1.165) is 11.8 Å². The molecule has 0 spiro atoms. The highest BCUT2D eigenvalue weighted by atomic mass is 28.3. The molecule has 0 radical (unpaired) electrons. The van der Waals surface area contributed by atoms with Gasteiger partial charge in [0.2, 0.25) is 0 Å². The van der Waals surface area contributed by atoms with Crippen LogP contribution in [0.25, 0.3) is 11.1 Å². The molecule has 0 atom stereocenters. The average Bonchev–Trinajstić information content (AvgIpc) is 3.57. The van der Waals surface area contributed by atoms with E-state index in [1.165, 1.54) is 131 Å². The fraction of sp³-hybridized carbons (Fsp3) is 0.300. The largest absolute Gasteiger partial charge is 0.311 e. The lowest BCUT2D eigenvalue weighted by molar-refractivity contribution is -0.0418. The lowest BCUT2D eigenvalue weighted by Crippen LogP contribution is -2.56. The van der Waals surface area contributed by atoms with Crippen molar-refractivity contribution >= 4 is 52.6 Å². The molecule has 314 valence electrons. The van der Waals surface area contributed by atoms with Crippen LogP contribution in [0.5, 0.6) is 0 Å². The summed E-state index contributed by atoms with van der Waals surface area (Å²) in [7, 11) is -1.84. The minimum Gasteiger partial charge on any atom is -0.311 e. The Bertz CT molecular complexity index is 2700. The second-order valence-corrected chi connectivity index (χ2v) is 24.7. The monoisotopic (exact) mass is 836 g/mol. The average molecular weight is 837 g/mol. The maximum atomic E-state index is 2.54. The predicted molar refractivity (Wildman–Crippen MR) is 268 cm³/mol. The number of hydrogen-bond donors (Lipinski definition) is 0. The van der Waals surface area contributed by atoms with Crippen LogP contribution in [0.1, 0.15) is 86.8 Å². The molecule has 5 saturated carbocycles. The van der Waals surface area contributed by atoms with Gasteiger partial charge in [-0.15, -0.1) is 0 Å². The Morgan fingerprint density at radius 2 is 0.905 bits per heavy atom. The van der Waals surface area contributed by atoms with E-state index in [4.69, 9.17) is 0 Å². The molecule has 0 unspecified atom stereocenters. The molecule has 5 aliphatic carbocycles. The Hall–Kier alpha value is -5.64. The molecule has 0 saturated heterocycles. The Morgan fingerprint density at radius 1 is 0.429 bits per heavy atom. The third-order valence-electron chi connectivity index (χ3n) is 16.7.